The Morgan fingerprint density at radius 3 is 2.57 bits per heavy atom. The quantitative estimate of drug-likeness (QED) is 0.646. The van der Waals surface area contributed by atoms with Crippen LogP contribution in [-0.2, 0) is 9.47 Å². The summed E-state index contributed by atoms with van der Waals surface area (Å²) in [4.78, 5) is 0. The van der Waals surface area contributed by atoms with Gasteiger partial charge in [-0.1, -0.05) is 19.9 Å². The third kappa shape index (κ3) is 3.81. The molecule has 1 aliphatic rings. The number of rotatable bonds is 4. The van der Waals surface area contributed by atoms with E-state index in [0.29, 0.717) is 18.1 Å². The smallest absolute Gasteiger partial charge is 0.155 e. The Hall–Kier alpha value is -0.340. The molecule has 1 aliphatic heterocycles. The van der Waals surface area contributed by atoms with Crippen molar-refractivity contribution in [3.8, 4) is 0 Å². The molecule has 0 radical (unpaired) electrons. The Bertz CT molecular complexity index is 175. The molecule has 1 rings (SSSR count). The summed E-state index contributed by atoms with van der Waals surface area (Å²) in [7, 11) is 0. The molecule has 0 bridgehead atoms. The summed E-state index contributed by atoms with van der Waals surface area (Å²) < 4.78 is 11.4. The van der Waals surface area contributed by atoms with Gasteiger partial charge in [0.05, 0.1) is 12.2 Å². The molecule has 0 spiro atoms. The molecule has 82 valence electrons. The van der Waals surface area contributed by atoms with E-state index in [9.17, 15) is 0 Å². The fourth-order valence-corrected chi connectivity index (χ4v) is 1.99. The van der Waals surface area contributed by atoms with Crippen molar-refractivity contribution in [1.29, 1.82) is 0 Å². The molecule has 14 heavy (non-hydrogen) atoms. The van der Waals surface area contributed by atoms with E-state index in [2.05, 4.69) is 20.4 Å². The van der Waals surface area contributed by atoms with Gasteiger partial charge in [0.25, 0.3) is 0 Å². The van der Waals surface area contributed by atoms with Crippen LogP contribution in [0.5, 0.6) is 0 Å². The van der Waals surface area contributed by atoms with E-state index in [1.807, 2.05) is 13.0 Å². The van der Waals surface area contributed by atoms with Gasteiger partial charge in [-0.3, -0.25) is 0 Å². The molecule has 2 nitrogen and oxygen atoms in total. The molecule has 1 saturated heterocycles. The highest BCUT2D eigenvalue weighted by Crippen LogP contribution is 2.24. The molecule has 0 aliphatic carbocycles. The maximum absolute atomic E-state index is 5.72. The predicted molar refractivity (Wildman–Crippen MR) is 58.1 cm³/mol. The second-order valence-corrected chi connectivity index (χ2v) is 4.47. The van der Waals surface area contributed by atoms with Crippen molar-refractivity contribution in [3.05, 3.63) is 12.7 Å². The van der Waals surface area contributed by atoms with Gasteiger partial charge in [0.15, 0.2) is 6.29 Å². The van der Waals surface area contributed by atoms with E-state index >= 15 is 0 Å². The zero-order valence-electron chi connectivity index (χ0n) is 9.53. The average Bonchev–Trinajstić information content (AvgIpc) is 2.01. The van der Waals surface area contributed by atoms with Gasteiger partial charge in [-0.15, -0.1) is 6.58 Å². The van der Waals surface area contributed by atoms with Gasteiger partial charge in [-0.2, -0.15) is 0 Å². The van der Waals surface area contributed by atoms with Gasteiger partial charge in [0.2, 0.25) is 0 Å². The van der Waals surface area contributed by atoms with E-state index in [1.54, 1.807) is 0 Å². The maximum atomic E-state index is 5.72. The highest BCUT2D eigenvalue weighted by atomic mass is 16.7. The van der Waals surface area contributed by atoms with Crippen molar-refractivity contribution in [3.63, 3.8) is 0 Å². The molecule has 1 heterocycles. The fraction of sp³-hybridized carbons (Fsp3) is 0.833. The summed E-state index contributed by atoms with van der Waals surface area (Å²) in [5.41, 5.74) is 0. The van der Waals surface area contributed by atoms with Crippen LogP contribution in [0, 0.1) is 5.92 Å². The van der Waals surface area contributed by atoms with E-state index in [4.69, 9.17) is 9.47 Å². The minimum Gasteiger partial charge on any atom is -0.350 e. The van der Waals surface area contributed by atoms with Gasteiger partial charge >= 0.3 is 0 Å². The lowest BCUT2D eigenvalue weighted by Crippen LogP contribution is -2.37. The van der Waals surface area contributed by atoms with E-state index < -0.39 is 0 Å². The summed E-state index contributed by atoms with van der Waals surface area (Å²) >= 11 is 0. The third-order valence-electron chi connectivity index (χ3n) is 2.46. The minimum atomic E-state index is -0.0579. The van der Waals surface area contributed by atoms with E-state index in [-0.39, 0.29) is 6.29 Å². The lowest BCUT2D eigenvalue weighted by atomic mass is 9.99. The van der Waals surface area contributed by atoms with Crippen molar-refractivity contribution >= 4 is 0 Å². The van der Waals surface area contributed by atoms with Crippen molar-refractivity contribution < 1.29 is 9.47 Å². The Kier molecular flexibility index (Phi) is 4.63. The van der Waals surface area contributed by atoms with Crippen molar-refractivity contribution in [2.45, 2.75) is 58.5 Å². The minimum absolute atomic E-state index is 0.0579. The summed E-state index contributed by atoms with van der Waals surface area (Å²) in [6.45, 7) is 10.2. The summed E-state index contributed by atoms with van der Waals surface area (Å²) in [5, 5.41) is 0. The first-order chi connectivity index (χ1) is 6.61. The van der Waals surface area contributed by atoms with E-state index in [0.717, 1.165) is 19.3 Å². The standard InChI is InChI=1S/C12H22O2/c1-5-6-11-8-12(7-9(2)3)14-10(4)13-11/h5,9-12H,1,6-8H2,2-4H3/t10-,11-,12+/m0/s1. The predicted octanol–water partition coefficient (Wildman–Crippen LogP) is 3.13. The molecule has 0 aromatic carbocycles. The summed E-state index contributed by atoms with van der Waals surface area (Å²) in [6.07, 6.45) is 5.61. The highest BCUT2D eigenvalue weighted by molar-refractivity contribution is 4.79. The van der Waals surface area contributed by atoms with Crippen LogP contribution in [0.1, 0.15) is 40.0 Å². The van der Waals surface area contributed by atoms with Gasteiger partial charge in [-0.25, -0.2) is 0 Å². The van der Waals surface area contributed by atoms with Crippen molar-refractivity contribution in [1.82, 2.24) is 0 Å². The van der Waals surface area contributed by atoms with Crippen LogP contribution < -0.4 is 0 Å². The van der Waals surface area contributed by atoms with Crippen LogP contribution in [0.3, 0.4) is 0 Å². The largest absolute Gasteiger partial charge is 0.350 e. The average molecular weight is 198 g/mol. The number of hydrogen-bond donors (Lipinski definition) is 0. The first-order valence-electron chi connectivity index (χ1n) is 5.53. The SMILES string of the molecule is C=CC[C@H]1C[C@@H](CC(C)C)O[C@@H](C)O1. The van der Waals surface area contributed by atoms with Crippen LogP contribution in [-0.4, -0.2) is 18.5 Å². The molecular weight excluding hydrogens is 176 g/mol. The molecule has 3 atom stereocenters. The summed E-state index contributed by atoms with van der Waals surface area (Å²) in [5.74, 6) is 0.690. The second kappa shape index (κ2) is 5.52. The zero-order valence-corrected chi connectivity index (χ0v) is 9.53. The van der Waals surface area contributed by atoms with Crippen LogP contribution in [0.15, 0.2) is 12.7 Å². The number of ether oxygens (including phenoxy) is 2. The van der Waals surface area contributed by atoms with Gasteiger partial charge in [0.1, 0.15) is 0 Å². The lowest BCUT2D eigenvalue weighted by molar-refractivity contribution is -0.235. The maximum Gasteiger partial charge on any atom is 0.155 e. The van der Waals surface area contributed by atoms with Crippen LogP contribution in [0.4, 0.5) is 0 Å². The molecule has 0 amide bonds. The molecule has 0 aromatic heterocycles. The van der Waals surface area contributed by atoms with Crippen molar-refractivity contribution in [2.24, 2.45) is 5.92 Å². The molecular formula is C12H22O2. The van der Waals surface area contributed by atoms with Crippen LogP contribution in [0.25, 0.3) is 0 Å². The third-order valence-corrected chi connectivity index (χ3v) is 2.46. The Labute approximate surface area is 87.3 Å². The fourth-order valence-electron chi connectivity index (χ4n) is 1.99. The molecule has 0 N–H and O–H groups in total. The van der Waals surface area contributed by atoms with Gasteiger partial charge < -0.3 is 9.47 Å². The molecule has 0 unspecified atom stereocenters. The molecule has 2 heteroatoms. The van der Waals surface area contributed by atoms with Crippen LogP contribution in [0.2, 0.25) is 0 Å². The van der Waals surface area contributed by atoms with Crippen LogP contribution >= 0.6 is 0 Å². The topological polar surface area (TPSA) is 18.5 Å². The van der Waals surface area contributed by atoms with Gasteiger partial charge in [0, 0.05) is 6.42 Å². The summed E-state index contributed by atoms with van der Waals surface area (Å²) in [6, 6.07) is 0. The Balaban J connectivity index is 2.40. The van der Waals surface area contributed by atoms with E-state index in [1.165, 1.54) is 0 Å². The van der Waals surface area contributed by atoms with Gasteiger partial charge in [-0.05, 0) is 25.7 Å². The Morgan fingerprint density at radius 2 is 2.00 bits per heavy atom. The Morgan fingerprint density at radius 1 is 1.36 bits per heavy atom. The zero-order chi connectivity index (χ0) is 10.6. The lowest BCUT2D eigenvalue weighted by Gasteiger charge is -2.34. The first kappa shape index (κ1) is 11.7. The molecule has 0 aromatic rings. The normalized spacial score (nSPS) is 33.3. The molecule has 0 saturated carbocycles. The van der Waals surface area contributed by atoms with Crippen molar-refractivity contribution in [2.75, 3.05) is 0 Å². The number of hydrogen-bond acceptors (Lipinski definition) is 2. The second-order valence-electron chi connectivity index (χ2n) is 4.47. The first-order valence-corrected chi connectivity index (χ1v) is 5.53. The highest BCUT2D eigenvalue weighted by Gasteiger charge is 2.27. The molecule has 1 fully saturated rings. The monoisotopic (exact) mass is 198 g/mol.